The Kier molecular flexibility index (Phi) is 11.1. The molecule has 0 aromatic heterocycles. The molecule has 4 rings (SSSR count). The van der Waals surface area contributed by atoms with Crippen LogP contribution in [0, 0.1) is 12.7 Å². The molecule has 0 saturated carbocycles. The minimum absolute atomic E-state index is 0.0781. The van der Waals surface area contributed by atoms with E-state index >= 15 is 4.39 Å². The second kappa shape index (κ2) is 15.0. The number of rotatable bonds is 13. The number of sulfonamides is 1. The number of aryl methyl sites for hydroxylation is 1. The standard InChI is InChI=1S/C34H35ClFN3O4S/c1-3-21-37-34(41)32(22-26-11-5-4-6-12-26)38(23-27-13-7-8-14-29(27)35)33(40)24-39(31-16-10-9-15-30(31)36)44(42,43)28-19-17-25(2)18-20-28/h4-20,32H,3,21-24H2,1-2H3,(H,37,41)/t32-/m1/s1. The maximum atomic E-state index is 15.2. The molecule has 0 bridgehead atoms. The zero-order valence-electron chi connectivity index (χ0n) is 24.6. The first-order chi connectivity index (χ1) is 21.1. The van der Waals surface area contributed by atoms with E-state index in [-0.39, 0.29) is 23.5 Å². The largest absolute Gasteiger partial charge is 0.354 e. The molecule has 0 radical (unpaired) electrons. The van der Waals surface area contributed by atoms with Crippen molar-refractivity contribution in [2.45, 2.75) is 44.2 Å². The molecule has 0 saturated heterocycles. The second-order valence-corrected chi connectivity index (χ2v) is 12.7. The Hall–Kier alpha value is -4.21. The first-order valence-electron chi connectivity index (χ1n) is 14.3. The molecule has 2 amide bonds. The highest BCUT2D eigenvalue weighted by atomic mass is 35.5. The van der Waals surface area contributed by atoms with E-state index in [1.54, 1.807) is 36.4 Å². The van der Waals surface area contributed by atoms with Crippen molar-refractivity contribution >= 4 is 39.1 Å². The molecule has 7 nitrogen and oxygen atoms in total. The third-order valence-corrected chi connectivity index (χ3v) is 9.27. The number of anilines is 1. The summed E-state index contributed by atoms with van der Waals surface area (Å²) >= 11 is 6.49. The number of hydrogen-bond acceptors (Lipinski definition) is 4. The minimum Gasteiger partial charge on any atom is -0.354 e. The van der Waals surface area contributed by atoms with Crippen LogP contribution < -0.4 is 9.62 Å². The predicted molar refractivity (Wildman–Crippen MR) is 171 cm³/mol. The summed E-state index contributed by atoms with van der Waals surface area (Å²) in [4.78, 5) is 29.3. The van der Waals surface area contributed by atoms with Crippen LogP contribution in [0.5, 0.6) is 0 Å². The van der Waals surface area contributed by atoms with Gasteiger partial charge in [0.05, 0.1) is 10.6 Å². The smallest absolute Gasteiger partial charge is 0.264 e. The van der Waals surface area contributed by atoms with Gasteiger partial charge in [0.15, 0.2) is 0 Å². The Morgan fingerprint density at radius 1 is 0.886 bits per heavy atom. The summed E-state index contributed by atoms with van der Waals surface area (Å²) in [5, 5.41) is 3.27. The van der Waals surface area contributed by atoms with Gasteiger partial charge in [0, 0.05) is 24.5 Å². The van der Waals surface area contributed by atoms with E-state index in [1.807, 2.05) is 44.2 Å². The Balaban J connectivity index is 1.81. The van der Waals surface area contributed by atoms with E-state index in [4.69, 9.17) is 11.6 Å². The van der Waals surface area contributed by atoms with Gasteiger partial charge in [-0.25, -0.2) is 12.8 Å². The molecule has 10 heteroatoms. The second-order valence-electron chi connectivity index (χ2n) is 10.4. The van der Waals surface area contributed by atoms with Crippen molar-refractivity contribution in [1.29, 1.82) is 0 Å². The van der Waals surface area contributed by atoms with Crippen LogP contribution in [0.15, 0.2) is 108 Å². The fraction of sp³-hybridized carbons (Fsp3) is 0.235. The number of carbonyl (C=O) groups is 2. The lowest BCUT2D eigenvalue weighted by molar-refractivity contribution is -0.140. The van der Waals surface area contributed by atoms with Crippen molar-refractivity contribution in [3.63, 3.8) is 0 Å². The van der Waals surface area contributed by atoms with Crippen molar-refractivity contribution < 1.29 is 22.4 Å². The molecule has 230 valence electrons. The first kappa shape index (κ1) is 32.7. The van der Waals surface area contributed by atoms with Gasteiger partial charge in [0.2, 0.25) is 11.8 Å². The number of halogens is 2. The van der Waals surface area contributed by atoms with Crippen molar-refractivity contribution in [1.82, 2.24) is 10.2 Å². The van der Waals surface area contributed by atoms with Gasteiger partial charge in [-0.15, -0.1) is 0 Å². The van der Waals surface area contributed by atoms with E-state index in [0.717, 1.165) is 21.5 Å². The lowest BCUT2D eigenvalue weighted by Gasteiger charge is -2.34. The fourth-order valence-electron chi connectivity index (χ4n) is 4.73. The van der Waals surface area contributed by atoms with E-state index < -0.39 is 40.2 Å². The molecule has 0 spiro atoms. The van der Waals surface area contributed by atoms with Gasteiger partial charge in [-0.05, 0) is 54.8 Å². The van der Waals surface area contributed by atoms with Gasteiger partial charge in [-0.2, -0.15) is 0 Å². The van der Waals surface area contributed by atoms with E-state index in [1.165, 1.54) is 35.2 Å². The Morgan fingerprint density at radius 2 is 1.52 bits per heavy atom. The highest BCUT2D eigenvalue weighted by Crippen LogP contribution is 2.28. The van der Waals surface area contributed by atoms with Crippen LogP contribution in [0.25, 0.3) is 0 Å². The molecule has 0 aliphatic rings. The number of nitrogens with zero attached hydrogens (tertiary/aromatic N) is 2. The highest BCUT2D eigenvalue weighted by Gasteiger charge is 2.35. The van der Waals surface area contributed by atoms with Crippen molar-refractivity contribution in [3.05, 3.63) is 131 Å². The first-order valence-corrected chi connectivity index (χ1v) is 16.1. The SMILES string of the molecule is CCCNC(=O)[C@@H](Cc1ccccc1)N(Cc1ccccc1Cl)C(=O)CN(c1ccccc1F)S(=O)(=O)c1ccc(C)cc1. The minimum atomic E-state index is -4.40. The monoisotopic (exact) mass is 635 g/mol. The van der Waals surface area contributed by atoms with Gasteiger partial charge in [0.1, 0.15) is 18.4 Å². The number of nitrogens with one attached hydrogen (secondary N) is 1. The Bertz CT molecular complexity index is 1680. The van der Waals surface area contributed by atoms with Crippen molar-refractivity contribution in [3.8, 4) is 0 Å². The maximum absolute atomic E-state index is 15.2. The number of benzene rings is 4. The van der Waals surface area contributed by atoms with Crippen LogP contribution >= 0.6 is 11.6 Å². The lowest BCUT2D eigenvalue weighted by Crippen LogP contribution is -2.53. The molecule has 0 unspecified atom stereocenters. The fourth-order valence-corrected chi connectivity index (χ4v) is 6.35. The zero-order chi connectivity index (χ0) is 31.7. The van der Waals surface area contributed by atoms with E-state index in [2.05, 4.69) is 5.32 Å². The predicted octanol–water partition coefficient (Wildman–Crippen LogP) is 6.15. The van der Waals surface area contributed by atoms with Gasteiger partial charge in [0.25, 0.3) is 10.0 Å². The van der Waals surface area contributed by atoms with Crippen molar-refractivity contribution in [2.75, 3.05) is 17.4 Å². The third kappa shape index (κ3) is 8.03. The number of hydrogen-bond donors (Lipinski definition) is 1. The van der Waals surface area contributed by atoms with E-state index in [9.17, 15) is 18.0 Å². The molecule has 44 heavy (non-hydrogen) atoms. The summed E-state index contributed by atoms with van der Waals surface area (Å²) in [5.41, 5.74) is 1.93. The molecule has 1 N–H and O–H groups in total. The van der Waals surface area contributed by atoms with Crippen LogP contribution in [0.1, 0.15) is 30.0 Å². The molecule has 0 aliphatic heterocycles. The number of para-hydroxylation sites is 1. The summed E-state index contributed by atoms with van der Waals surface area (Å²) in [6, 6.07) is 26.6. The van der Waals surface area contributed by atoms with Crippen LogP contribution in [0.2, 0.25) is 5.02 Å². The summed E-state index contributed by atoms with van der Waals surface area (Å²) in [6.07, 6.45) is 0.842. The van der Waals surface area contributed by atoms with Gasteiger partial charge in [-0.3, -0.25) is 13.9 Å². The summed E-state index contributed by atoms with van der Waals surface area (Å²) in [5.74, 6) is -1.90. The van der Waals surface area contributed by atoms with Crippen LogP contribution in [-0.2, 0) is 32.6 Å². The van der Waals surface area contributed by atoms with Crippen LogP contribution in [-0.4, -0.2) is 44.3 Å². The molecular weight excluding hydrogens is 601 g/mol. The Morgan fingerprint density at radius 3 is 2.18 bits per heavy atom. The molecule has 1 atom stereocenters. The summed E-state index contributed by atoms with van der Waals surface area (Å²) < 4.78 is 43.9. The lowest BCUT2D eigenvalue weighted by atomic mass is 10.0. The molecule has 0 heterocycles. The van der Waals surface area contributed by atoms with E-state index in [0.29, 0.717) is 23.6 Å². The van der Waals surface area contributed by atoms with Gasteiger partial charge in [-0.1, -0.05) is 96.9 Å². The third-order valence-electron chi connectivity index (χ3n) is 7.13. The number of amides is 2. The molecule has 0 fully saturated rings. The van der Waals surface area contributed by atoms with Crippen LogP contribution in [0.3, 0.4) is 0 Å². The molecule has 4 aromatic rings. The number of carbonyl (C=O) groups excluding carboxylic acids is 2. The molecule has 0 aliphatic carbocycles. The van der Waals surface area contributed by atoms with Crippen LogP contribution in [0.4, 0.5) is 10.1 Å². The normalized spacial score (nSPS) is 11.9. The summed E-state index contributed by atoms with van der Waals surface area (Å²) in [6.45, 7) is 3.29. The maximum Gasteiger partial charge on any atom is 0.264 e. The molecule has 4 aromatic carbocycles. The van der Waals surface area contributed by atoms with Gasteiger partial charge < -0.3 is 10.2 Å². The topological polar surface area (TPSA) is 86.8 Å². The quantitative estimate of drug-likeness (QED) is 0.191. The highest BCUT2D eigenvalue weighted by molar-refractivity contribution is 7.92. The van der Waals surface area contributed by atoms with Crippen molar-refractivity contribution in [2.24, 2.45) is 0 Å². The Labute approximate surface area is 263 Å². The van der Waals surface area contributed by atoms with Gasteiger partial charge >= 0.3 is 0 Å². The average molecular weight is 636 g/mol. The molecular formula is C34H35ClFN3O4S. The average Bonchev–Trinajstić information content (AvgIpc) is 3.02. The zero-order valence-corrected chi connectivity index (χ0v) is 26.2. The summed E-state index contributed by atoms with van der Waals surface area (Å²) in [7, 11) is -4.40.